The first-order valence-electron chi connectivity index (χ1n) is 10.0. The van der Waals surface area contributed by atoms with Gasteiger partial charge >= 0.3 is 0 Å². The lowest BCUT2D eigenvalue weighted by atomic mass is 9.70. The third-order valence-electron chi connectivity index (χ3n) is 6.56. The van der Waals surface area contributed by atoms with E-state index in [1.807, 2.05) is 36.7 Å². The molecule has 1 saturated carbocycles. The largest absolute Gasteiger partial charge is 0.358 e. The molecule has 2 aliphatic rings. The second kappa shape index (κ2) is 6.08. The van der Waals surface area contributed by atoms with Gasteiger partial charge in [-0.15, -0.1) is 0 Å². The van der Waals surface area contributed by atoms with Gasteiger partial charge in [-0.25, -0.2) is 4.39 Å². The van der Waals surface area contributed by atoms with Crippen molar-refractivity contribution in [1.82, 2.24) is 4.98 Å². The first-order chi connectivity index (χ1) is 14.2. The third kappa shape index (κ3) is 2.35. The summed E-state index contributed by atoms with van der Waals surface area (Å²) in [6.07, 6.45) is 1.74. The van der Waals surface area contributed by atoms with Crippen LogP contribution in [0.4, 0.5) is 10.1 Å². The monoisotopic (exact) mass is 401 g/mol. The fourth-order valence-corrected chi connectivity index (χ4v) is 4.97. The number of carbonyl (C=O) groups is 2. The van der Waals surface area contributed by atoms with E-state index in [0.717, 1.165) is 28.2 Å². The number of Topliss-reactive ketones (excluding diaryl/α,β-unsaturated/α-hetero) is 2. The Kier molecular flexibility index (Phi) is 3.78. The number of fused-ring (bicyclic) bond motifs is 2. The van der Waals surface area contributed by atoms with Gasteiger partial charge < -0.3 is 4.98 Å². The fourth-order valence-electron chi connectivity index (χ4n) is 4.97. The number of halogens is 1. The molecule has 0 saturated heterocycles. The minimum absolute atomic E-state index is 0.207. The number of hydrogen-bond donors (Lipinski definition) is 1. The third-order valence-corrected chi connectivity index (χ3v) is 6.56. The highest BCUT2D eigenvalue weighted by Gasteiger charge is 2.50. The normalized spacial score (nSPS) is 20.0. The Bertz CT molecular complexity index is 1320. The summed E-state index contributed by atoms with van der Waals surface area (Å²) in [5, 5.41) is 0.594. The van der Waals surface area contributed by atoms with Gasteiger partial charge in [0.1, 0.15) is 18.8 Å². The molecule has 0 amide bonds. The van der Waals surface area contributed by atoms with E-state index >= 15 is 0 Å². The number of aromatic nitrogens is 1. The molecule has 5 heteroatoms. The molecule has 5 rings (SSSR count). The first kappa shape index (κ1) is 18.7. The van der Waals surface area contributed by atoms with Crippen LogP contribution in [0.15, 0.2) is 54.1 Å². The molecular formula is C25H22FN2O2+. The van der Waals surface area contributed by atoms with E-state index in [9.17, 15) is 14.0 Å². The van der Waals surface area contributed by atoms with Gasteiger partial charge in [-0.2, -0.15) is 4.58 Å². The van der Waals surface area contributed by atoms with Gasteiger partial charge in [-0.05, 0) is 44.5 Å². The van der Waals surface area contributed by atoms with Crippen LogP contribution >= 0.6 is 0 Å². The van der Waals surface area contributed by atoms with Crippen LogP contribution in [-0.2, 0) is 15.0 Å². The highest BCUT2D eigenvalue weighted by molar-refractivity contribution is 6.44. The number of benzene rings is 2. The number of carbonyl (C=O) groups excluding carboxylic acids is 2. The Labute approximate surface area is 173 Å². The smallest absolute Gasteiger partial charge is 0.209 e. The molecular weight excluding hydrogens is 379 g/mol. The summed E-state index contributed by atoms with van der Waals surface area (Å²) >= 11 is 0. The number of hydrogen-bond acceptors (Lipinski definition) is 2. The van der Waals surface area contributed by atoms with Gasteiger partial charge in [0.05, 0.1) is 11.0 Å². The number of rotatable bonds is 2. The Morgan fingerprint density at radius 1 is 1.10 bits per heavy atom. The van der Waals surface area contributed by atoms with Crippen LogP contribution in [-0.4, -0.2) is 33.9 Å². The van der Waals surface area contributed by atoms with Crippen LogP contribution in [0.25, 0.3) is 10.9 Å². The topological polar surface area (TPSA) is 52.9 Å². The minimum atomic E-state index is -0.871. The standard InChI is InChI=1S/C25H21FN2O2/c1-13-21(15-11-14(26)9-10-18(15)27-13)22-23(29)16(24(22)30)12-20-25(2,3)17-7-5-6-8-19(17)28(20)4/h5-12,22H,1-4H3/p+1. The van der Waals surface area contributed by atoms with Crippen molar-refractivity contribution in [2.24, 2.45) is 0 Å². The maximum Gasteiger partial charge on any atom is 0.209 e. The SMILES string of the molecule is Cc1[nH]c2ccc(F)cc2c1C1C(=O)C(=CC2=[N+](C)c3ccccc3C2(C)C)C1=O. The molecule has 30 heavy (non-hydrogen) atoms. The zero-order valence-electron chi connectivity index (χ0n) is 17.3. The molecule has 1 aliphatic carbocycles. The van der Waals surface area contributed by atoms with Gasteiger partial charge in [-0.3, -0.25) is 9.59 Å². The van der Waals surface area contributed by atoms with Crippen LogP contribution in [0.5, 0.6) is 0 Å². The number of para-hydroxylation sites is 1. The summed E-state index contributed by atoms with van der Waals surface area (Å²) in [6, 6.07) is 12.5. The first-order valence-corrected chi connectivity index (χ1v) is 10.0. The predicted octanol–water partition coefficient (Wildman–Crippen LogP) is 4.48. The minimum Gasteiger partial charge on any atom is -0.358 e. The maximum absolute atomic E-state index is 13.8. The quantitative estimate of drug-likeness (QED) is 0.298. The van der Waals surface area contributed by atoms with Crippen molar-refractivity contribution in [3.05, 3.63) is 76.8 Å². The maximum atomic E-state index is 13.8. The lowest BCUT2D eigenvalue weighted by Crippen LogP contribution is -2.40. The van der Waals surface area contributed by atoms with E-state index in [1.54, 1.807) is 12.1 Å². The number of aryl methyl sites for hydroxylation is 1. The number of aromatic amines is 1. The Hall–Kier alpha value is -3.34. The highest BCUT2D eigenvalue weighted by atomic mass is 19.1. The van der Waals surface area contributed by atoms with Crippen LogP contribution in [0, 0.1) is 12.7 Å². The zero-order chi connectivity index (χ0) is 21.4. The molecule has 0 atom stereocenters. The van der Waals surface area contributed by atoms with Crippen LogP contribution in [0.2, 0.25) is 0 Å². The molecule has 1 fully saturated rings. The van der Waals surface area contributed by atoms with Crippen molar-refractivity contribution >= 4 is 33.9 Å². The average Bonchev–Trinajstić information content (AvgIpc) is 3.12. The molecule has 2 aromatic carbocycles. The summed E-state index contributed by atoms with van der Waals surface area (Å²) in [6.45, 7) is 6.01. The number of nitrogens with zero attached hydrogens (tertiary/aromatic N) is 1. The second-order valence-corrected chi connectivity index (χ2v) is 8.66. The van der Waals surface area contributed by atoms with Gasteiger partial charge in [0.25, 0.3) is 0 Å². The molecule has 4 nitrogen and oxygen atoms in total. The van der Waals surface area contributed by atoms with E-state index in [1.165, 1.54) is 12.1 Å². The Morgan fingerprint density at radius 2 is 1.80 bits per heavy atom. The second-order valence-electron chi connectivity index (χ2n) is 8.66. The highest BCUT2D eigenvalue weighted by Crippen LogP contribution is 2.43. The molecule has 2 heterocycles. The fraction of sp³-hybridized carbons (Fsp3) is 0.240. The van der Waals surface area contributed by atoms with Gasteiger partial charge in [-0.1, -0.05) is 18.2 Å². The molecule has 1 N–H and O–H groups in total. The molecule has 0 bridgehead atoms. The van der Waals surface area contributed by atoms with Gasteiger partial charge in [0, 0.05) is 34.3 Å². The molecule has 1 aliphatic heterocycles. The van der Waals surface area contributed by atoms with E-state index < -0.39 is 5.92 Å². The number of ketones is 2. The van der Waals surface area contributed by atoms with E-state index in [4.69, 9.17) is 0 Å². The summed E-state index contributed by atoms with van der Waals surface area (Å²) < 4.78 is 15.9. The van der Waals surface area contributed by atoms with Crippen LogP contribution in [0.1, 0.15) is 36.6 Å². The van der Waals surface area contributed by atoms with Crippen molar-refractivity contribution in [3.63, 3.8) is 0 Å². The van der Waals surface area contributed by atoms with Gasteiger partial charge in [0.15, 0.2) is 17.3 Å². The lowest BCUT2D eigenvalue weighted by molar-refractivity contribution is -0.401. The molecule has 0 radical (unpaired) electrons. The van der Waals surface area contributed by atoms with E-state index in [0.29, 0.717) is 10.9 Å². The predicted molar refractivity (Wildman–Crippen MR) is 114 cm³/mol. The van der Waals surface area contributed by atoms with Crippen molar-refractivity contribution in [1.29, 1.82) is 0 Å². The lowest BCUT2D eigenvalue weighted by Gasteiger charge is -2.27. The molecule has 0 unspecified atom stereocenters. The number of H-pyrrole nitrogens is 1. The van der Waals surface area contributed by atoms with Crippen molar-refractivity contribution in [2.45, 2.75) is 32.1 Å². The van der Waals surface area contributed by atoms with E-state index in [2.05, 4.69) is 24.9 Å². The van der Waals surface area contributed by atoms with Gasteiger partial charge in [0.2, 0.25) is 5.69 Å². The van der Waals surface area contributed by atoms with Crippen molar-refractivity contribution in [3.8, 4) is 0 Å². The molecule has 0 spiro atoms. The number of nitrogens with one attached hydrogen (secondary N) is 1. The summed E-state index contributed by atoms with van der Waals surface area (Å²) in [7, 11) is 1.96. The summed E-state index contributed by atoms with van der Waals surface area (Å²) in [5.74, 6) is -1.67. The van der Waals surface area contributed by atoms with Crippen LogP contribution in [0.3, 0.4) is 0 Å². The van der Waals surface area contributed by atoms with Crippen molar-refractivity contribution in [2.75, 3.05) is 7.05 Å². The zero-order valence-corrected chi connectivity index (χ0v) is 17.3. The van der Waals surface area contributed by atoms with Crippen molar-refractivity contribution < 1.29 is 18.6 Å². The summed E-state index contributed by atoms with van der Waals surface area (Å²) in [5.41, 5.74) is 5.09. The summed E-state index contributed by atoms with van der Waals surface area (Å²) in [4.78, 5) is 29.4. The molecule has 1 aromatic heterocycles. The van der Waals surface area contributed by atoms with E-state index in [-0.39, 0.29) is 28.4 Å². The number of allylic oxidation sites excluding steroid dienone is 2. The molecule has 150 valence electrons. The average molecular weight is 401 g/mol. The van der Waals surface area contributed by atoms with Crippen LogP contribution < -0.4 is 0 Å². The Morgan fingerprint density at radius 3 is 2.50 bits per heavy atom. The Balaban J connectivity index is 1.57. The molecule has 3 aromatic rings.